The predicted octanol–water partition coefficient (Wildman–Crippen LogP) is 5.41. The maximum absolute atomic E-state index is 4.95. The first-order valence-corrected chi connectivity index (χ1v) is 8.27. The van der Waals surface area contributed by atoms with Crippen molar-refractivity contribution in [3.8, 4) is 5.69 Å². The molecule has 0 fully saturated rings. The minimum atomic E-state index is 0.331. The van der Waals surface area contributed by atoms with Crippen molar-refractivity contribution in [2.75, 3.05) is 0 Å². The molecule has 1 aliphatic carbocycles. The zero-order valence-electron chi connectivity index (χ0n) is 13.3. The van der Waals surface area contributed by atoms with Gasteiger partial charge in [-0.1, -0.05) is 61.1 Å². The summed E-state index contributed by atoms with van der Waals surface area (Å²) in [6.07, 6.45) is 9.02. The summed E-state index contributed by atoms with van der Waals surface area (Å²) in [4.78, 5) is 4.95. The molecular weight excluding hydrogens is 280 g/mol. The highest BCUT2D eigenvalue weighted by atomic mass is 15.1. The Morgan fingerprint density at radius 1 is 1.04 bits per heavy atom. The number of hydrogen-bond donors (Lipinski definition) is 0. The number of para-hydroxylation sites is 3. The van der Waals surface area contributed by atoms with Crippen LogP contribution in [0.4, 0.5) is 0 Å². The van der Waals surface area contributed by atoms with Crippen molar-refractivity contribution < 1.29 is 0 Å². The van der Waals surface area contributed by atoms with Gasteiger partial charge in [0.15, 0.2) is 0 Å². The van der Waals surface area contributed by atoms with Gasteiger partial charge in [0.1, 0.15) is 5.82 Å². The lowest BCUT2D eigenvalue weighted by atomic mass is 9.95. The van der Waals surface area contributed by atoms with Gasteiger partial charge in [0.05, 0.1) is 11.0 Å². The molecule has 1 unspecified atom stereocenters. The Morgan fingerprint density at radius 2 is 1.83 bits per heavy atom. The van der Waals surface area contributed by atoms with Crippen molar-refractivity contribution >= 4 is 11.0 Å². The van der Waals surface area contributed by atoms with Gasteiger partial charge in [-0.05, 0) is 37.1 Å². The van der Waals surface area contributed by atoms with Crippen molar-refractivity contribution in [3.05, 3.63) is 84.2 Å². The summed E-state index contributed by atoms with van der Waals surface area (Å²) in [6, 6.07) is 18.9. The Kier molecular flexibility index (Phi) is 3.58. The second kappa shape index (κ2) is 5.88. The van der Waals surface area contributed by atoms with E-state index in [9.17, 15) is 0 Å². The van der Waals surface area contributed by atoms with Gasteiger partial charge >= 0.3 is 0 Å². The molecule has 0 N–H and O–H groups in total. The summed E-state index contributed by atoms with van der Waals surface area (Å²) in [5, 5.41) is 0. The van der Waals surface area contributed by atoms with Gasteiger partial charge in [-0.3, -0.25) is 4.57 Å². The van der Waals surface area contributed by atoms with Crippen LogP contribution >= 0.6 is 0 Å². The van der Waals surface area contributed by atoms with Crippen LogP contribution in [0.2, 0.25) is 0 Å². The Labute approximate surface area is 136 Å². The van der Waals surface area contributed by atoms with E-state index < -0.39 is 0 Å². The first-order chi connectivity index (χ1) is 11.4. The number of aromatic nitrogens is 2. The number of benzene rings is 2. The summed E-state index contributed by atoms with van der Waals surface area (Å²) in [6.45, 7) is 2.20. The van der Waals surface area contributed by atoms with Crippen molar-refractivity contribution in [3.63, 3.8) is 0 Å². The number of hydrogen-bond acceptors (Lipinski definition) is 1. The first kappa shape index (κ1) is 14.0. The summed E-state index contributed by atoms with van der Waals surface area (Å²) in [5.41, 5.74) is 4.83. The van der Waals surface area contributed by atoms with E-state index in [1.807, 2.05) is 0 Å². The summed E-state index contributed by atoms with van der Waals surface area (Å²) in [7, 11) is 0. The second-order valence-electron chi connectivity index (χ2n) is 5.96. The van der Waals surface area contributed by atoms with Crippen molar-refractivity contribution in [2.24, 2.45) is 0 Å². The van der Waals surface area contributed by atoms with E-state index in [2.05, 4.69) is 84.3 Å². The molecule has 114 valence electrons. The van der Waals surface area contributed by atoms with Crippen LogP contribution in [0, 0.1) is 0 Å². The number of nitrogens with zero attached hydrogens (tertiary/aromatic N) is 2. The Balaban J connectivity index is 1.87. The Morgan fingerprint density at radius 3 is 2.57 bits per heavy atom. The molecule has 3 aromatic rings. The van der Waals surface area contributed by atoms with Gasteiger partial charge in [0, 0.05) is 11.6 Å². The third-order valence-corrected chi connectivity index (χ3v) is 4.52. The van der Waals surface area contributed by atoms with Crippen molar-refractivity contribution in [2.45, 2.75) is 25.7 Å². The van der Waals surface area contributed by atoms with Gasteiger partial charge in [-0.2, -0.15) is 0 Å². The fraction of sp³-hybridized carbons (Fsp3) is 0.190. The maximum Gasteiger partial charge on any atom is 0.121 e. The highest BCUT2D eigenvalue weighted by molar-refractivity contribution is 5.78. The quantitative estimate of drug-likeness (QED) is 0.632. The van der Waals surface area contributed by atoms with Crippen LogP contribution in [0.25, 0.3) is 16.7 Å². The summed E-state index contributed by atoms with van der Waals surface area (Å²) in [5.74, 6) is 1.46. The molecule has 1 heterocycles. The molecule has 4 rings (SSSR count). The van der Waals surface area contributed by atoms with E-state index in [1.54, 1.807) is 0 Å². The van der Waals surface area contributed by atoms with Crippen LogP contribution < -0.4 is 0 Å². The Bertz CT molecular complexity index is 885. The fourth-order valence-electron chi connectivity index (χ4n) is 3.26. The van der Waals surface area contributed by atoms with Gasteiger partial charge in [-0.15, -0.1) is 0 Å². The normalized spacial score (nSPS) is 17.4. The zero-order chi connectivity index (χ0) is 15.6. The molecule has 1 atom stereocenters. The predicted molar refractivity (Wildman–Crippen MR) is 95.9 cm³/mol. The van der Waals surface area contributed by atoms with Crippen molar-refractivity contribution in [1.82, 2.24) is 9.55 Å². The van der Waals surface area contributed by atoms with Gasteiger partial charge in [-0.25, -0.2) is 4.98 Å². The number of imidazole rings is 1. The van der Waals surface area contributed by atoms with E-state index in [0.717, 1.165) is 24.2 Å². The van der Waals surface area contributed by atoms with E-state index in [-0.39, 0.29) is 0 Å². The Hall–Kier alpha value is -2.61. The van der Waals surface area contributed by atoms with Crippen molar-refractivity contribution in [1.29, 1.82) is 0 Å². The van der Waals surface area contributed by atoms with E-state index in [0.29, 0.717) is 5.92 Å². The smallest absolute Gasteiger partial charge is 0.121 e. The summed E-state index contributed by atoms with van der Waals surface area (Å²) < 4.78 is 2.30. The van der Waals surface area contributed by atoms with E-state index in [4.69, 9.17) is 4.98 Å². The van der Waals surface area contributed by atoms with Crippen LogP contribution in [0.15, 0.2) is 78.4 Å². The monoisotopic (exact) mass is 300 g/mol. The molecule has 0 saturated heterocycles. The maximum atomic E-state index is 4.95. The SMILES string of the molecule is CCC1=CCC(c2nc3ccccc3n2-c2ccccc2)C=C1. The second-order valence-corrected chi connectivity index (χ2v) is 5.96. The molecule has 0 amide bonds. The molecule has 0 spiro atoms. The minimum Gasteiger partial charge on any atom is -0.296 e. The van der Waals surface area contributed by atoms with Crippen LogP contribution in [0.5, 0.6) is 0 Å². The summed E-state index contributed by atoms with van der Waals surface area (Å²) >= 11 is 0. The number of allylic oxidation sites excluding steroid dienone is 4. The van der Waals surface area contributed by atoms with E-state index >= 15 is 0 Å². The fourth-order valence-corrected chi connectivity index (χ4v) is 3.26. The lowest BCUT2D eigenvalue weighted by molar-refractivity contribution is 0.750. The van der Waals surface area contributed by atoms with Crippen LogP contribution in [-0.2, 0) is 0 Å². The first-order valence-electron chi connectivity index (χ1n) is 8.27. The van der Waals surface area contributed by atoms with Crippen LogP contribution in [-0.4, -0.2) is 9.55 Å². The van der Waals surface area contributed by atoms with Crippen LogP contribution in [0.3, 0.4) is 0 Å². The highest BCUT2D eigenvalue weighted by Crippen LogP contribution is 2.31. The standard InChI is InChI=1S/C21H20N2/c1-2-16-12-14-17(15-13-16)21-22-19-10-6-7-11-20(19)23(21)18-8-4-3-5-9-18/h3-14,17H,2,15H2,1H3. The van der Waals surface area contributed by atoms with Gasteiger partial charge in [0.25, 0.3) is 0 Å². The molecule has 2 aromatic carbocycles. The zero-order valence-corrected chi connectivity index (χ0v) is 13.3. The minimum absolute atomic E-state index is 0.331. The molecule has 0 aliphatic heterocycles. The third-order valence-electron chi connectivity index (χ3n) is 4.52. The molecule has 0 bridgehead atoms. The average molecular weight is 300 g/mol. The van der Waals surface area contributed by atoms with Gasteiger partial charge < -0.3 is 0 Å². The van der Waals surface area contributed by atoms with Crippen LogP contribution in [0.1, 0.15) is 31.5 Å². The molecule has 2 heteroatoms. The lowest BCUT2D eigenvalue weighted by Gasteiger charge is -2.17. The lowest BCUT2D eigenvalue weighted by Crippen LogP contribution is -2.07. The largest absolute Gasteiger partial charge is 0.296 e. The molecule has 0 radical (unpaired) electrons. The molecule has 23 heavy (non-hydrogen) atoms. The molecular formula is C21H20N2. The third kappa shape index (κ3) is 2.50. The van der Waals surface area contributed by atoms with E-state index in [1.165, 1.54) is 16.8 Å². The molecule has 1 aliphatic rings. The topological polar surface area (TPSA) is 17.8 Å². The number of rotatable bonds is 3. The molecule has 2 nitrogen and oxygen atoms in total. The number of fused-ring (bicyclic) bond motifs is 1. The highest BCUT2D eigenvalue weighted by Gasteiger charge is 2.20. The van der Waals surface area contributed by atoms with Gasteiger partial charge in [0.2, 0.25) is 0 Å². The molecule has 1 aromatic heterocycles. The molecule has 0 saturated carbocycles. The average Bonchev–Trinajstić information content (AvgIpc) is 3.02.